The molecule has 1 fully saturated rings. The van der Waals surface area contributed by atoms with E-state index in [4.69, 9.17) is 9.84 Å². The molecular weight excluding hydrogens is 304 g/mol. The van der Waals surface area contributed by atoms with Crippen LogP contribution in [-0.4, -0.2) is 73.8 Å². The van der Waals surface area contributed by atoms with Crippen LogP contribution in [0.3, 0.4) is 0 Å². The predicted octanol–water partition coefficient (Wildman–Crippen LogP) is -1.10. The summed E-state index contributed by atoms with van der Waals surface area (Å²) in [5, 5.41) is 31.4. The van der Waals surface area contributed by atoms with Gasteiger partial charge in [0.05, 0.1) is 38.4 Å². The van der Waals surface area contributed by atoms with Crippen molar-refractivity contribution in [2.45, 2.75) is 30.9 Å². The van der Waals surface area contributed by atoms with Crippen LogP contribution >= 0.6 is 0 Å². The zero-order valence-electron chi connectivity index (χ0n) is 12.5. The largest absolute Gasteiger partial charge is 0.394 e. The van der Waals surface area contributed by atoms with E-state index in [0.29, 0.717) is 12.2 Å². The van der Waals surface area contributed by atoms with Gasteiger partial charge >= 0.3 is 0 Å². The third-order valence-electron chi connectivity index (χ3n) is 4.23. The molecule has 0 aliphatic carbocycles. The van der Waals surface area contributed by atoms with Crippen LogP contribution in [0.5, 0.6) is 0 Å². The molecular formula is C14H20N4O5. The Morgan fingerprint density at radius 3 is 2.96 bits per heavy atom. The van der Waals surface area contributed by atoms with E-state index in [9.17, 15) is 15.0 Å². The maximum atomic E-state index is 12.5. The smallest absolute Gasteiger partial charge is 0.278 e. The second-order valence-electron chi connectivity index (χ2n) is 5.56. The molecule has 9 nitrogen and oxygen atoms in total. The van der Waals surface area contributed by atoms with Crippen LogP contribution in [0.2, 0.25) is 0 Å². The van der Waals surface area contributed by atoms with Gasteiger partial charge in [0.1, 0.15) is 18.1 Å². The van der Waals surface area contributed by atoms with Crippen LogP contribution in [0.15, 0.2) is 19.0 Å². The molecule has 1 saturated heterocycles. The van der Waals surface area contributed by atoms with Gasteiger partial charge < -0.3 is 30.3 Å². The van der Waals surface area contributed by atoms with Gasteiger partial charge in [-0.25, -0.2) is 4.98 Å². The number of nitrogens with one attached hydrogen (secondary N) is 1. The van der Waals surface area contributed by atoms with E-state index in [1.807, 2.05) is 0 Å². The first-order chi connectivity index (χ1) is 11.1. The van der Waals surface area contributed by atoms with Crippen molar-refractivity contribution in [2.75, 3.05) is 25.2 Å². The van der Waals surface area contributed by atoms with Gasteiger partial charge in [-0.15, -0.1) is 6.58 Å². The number of hydrogen-bond donors (Lipinski definition) is 4. The summed E-state index contributed by atoms with van der Waals surface area (Å²) in [6, 6.07) is -0.489. The lowest BCUT2D eigenvalue weighted by Crippen LogP contribution is -2.47. The van der Waals surface area contributed by atoms with Gasteiger partial charge in [0.15, 0.2) is 5.69 Å². The molecule has 0 spiro atoms. The van der Waals surface area contributed by atoms with E-state index < -0.39 is 24.5 Å². The van der Waals surface area contributed by atoms with Crippen molar-refractivity contribution < 1.29 is 24.9 Å². The molecule has 23 heavy (non-hydrogen) atoms. The Kier molecular flexibility index (Phi) is 4.35. The second-order valence-corrected chi connectivity index (χ2v) is 5.56. The summed E-state index contributed by atoms with van der Waals surface area (Å²) in [4.78, 5) is 18.1. The van der Waals surface area contributed by atoms with E-state index in [1.165, 1.54) is 17.3 Å². The van der Waals surface area contributed by atoms with Crippen molar-refractivity contribution in [3.05, 3.63) is 24.7 Å². The third kappa shape index (κ3) is 2.61. The zero-order chi connectivity index (χ0) is 16.6. The van der Waals surface area contributed by atoms with Gasteiger partial charge in [-0.05, 0) is 0 Å². The Balaban J connectivity index is 1.83. The maximum absolute atomic E-state index is 12.5. The number of fused-ring (bicyclic) bond motifs is 1. The molecule has 3 heterocycles. The van der Waals surface area contributed by atoms with Crippen molar-refractivity contribution in [3.8, 4) is 0 Å². The highest BCUT2D eigenvalue weighted by Gasteiger charge is 2.38. The van der Waals surface area contributed by atoms with Gasteiger partial charge in [0.25, 0.3) is 5.91 Å². The van der Waals surface area contributed by atoms with Gasteiger partial charge in [0.2, 0.25) is 0 Å². The van der Waals surface area contributed by atoms with Crippen molar-refractivity contribution >= 4 is 11.7 Å². The highest BCUT2D eigenvalue weighted by atomic mass is 16.5. The van der Waals surface area contributed by atoms with E-state index in [2.05, 4.69) is 16.9 Å². The van der Waals surface area contributed by atoms with E-state index in [-0.39, 0.29) is 31.5 Å². The maximum Gasteiger partial charge on any atom is 0.278 e. The molecule has 0 bridgehead atoms. The minimum atomic E-state index is -0.765. The number of ether oxygens (including phenoxy) is 1. The molecule has 0 radical (unpaired) electrons. The highest BCUT2D eigenvalue weighted by molar-refractivity contribution is 5.99. The Morgan fingerprint density at radius 1 is 1.57 bits per heavy atom. The first kappa shape index (κ1) is 15.9. The molecule has 4 atom stereocenters. The minimum absolute atomic E-state index is 0.202. The van der Waals surface area contributed by atoms with Gasteiger partial charge in [0, 0.05) is 6.42 Å². The fraction of sp³-hybridized carbons (Fsp3) is 0.571. The number of carbonyl (C=O) groups is 1. The van der Waals surface area contributed by atoms with Crippen LogP contribution in [0.4, 0.5) is 5.82 Å². The molecule has 2 aliphatic heterocycles. The summed E-state index contributed by atoms with van der Waals surface area (Å²) in [6.07, 6.45) is 1.37. The Bertz CT molecular complexity index is 604. The first-order valence-electron chi connectivity index (χ1n) is 7.40. The van der Waals surface area contributed by atoms with Crippen molar-refractivity contribution in [3.63, 3.8) is 0 Å². The number of aliphatic hydroxyl groups excluding tert-OH is 3. The molecule has 4 N–H and O–H groups in total. The lowest BCUT2D eigenvalue weighted by molar-refractivity contribution is -0.0438. The number of nitrogens with zero attached hydrogens (tertiary/aromatic N) is 3. The van der Waals surface area contributed by atoms with E-state index >= 15 is 0 Å². The van der Waals surface area contributed by atoms with Gasteiger partial charge in [-0.2, -0.15) is 0 Å². The van der Waals surface area contributed by atoms with Crippen LogP contribution in [0.25, 0.3) is 0 Å². The Morgan fingerprint density at radius 2 is 2.35 bits per heavy atom. The fourth-order valence-electron chi connectivity index (χ4n) is 2.90. The van der Waals surface area contributed by atoms with E-state index in [0.717, 1.165) is 0 Å². The number of imidazole rings is 1. The molecule has 2 aliphatic rings. The molecule has 0 aromatic carbocycles. The van der Waals surface area contributed by atoms with Crippen molar-refractivity contribution in [2.24, 2.45) is 0 Å². The van der Waals surface area contributed by atoms with Crippen LogP contribution in [-0.2, 0) is 4.74 Å². The number of hydrogen-bond acceptors (Lipinski definition) is 7. The van der Waals surface area contributed by atoms with Crippen LogP contribution < -0.4 is 5.32 Å². The molecule has 1 amide bonds. The van der Waals surface area contributed by atoms with Crippen molar-refractivity contribution in [1.82, 2.24) is 14.5 Å². The van der Waals surface area contributed by atoms with Gasteiger partial charge in [-0.3, -0.25) is 9.36 Å². The molecule has 0 unspecified atom stereocenters. The number of rotatable bonds is 5. The summed E-state index contributed by atoms with van der Waals surface area (Å²) in [5.41, 5.74) is 0.224. The summed E-state index contributed by atoms with van der Waals surface area (Å²) in [5.74, 6) is 0.191. The van der Waals surface area contributed by atoms with Crippen molar-refractivity contribution in [1.29, 1.82) is 0 Å². The summed E-state index contributed by atoms with van der Waals surface area (Å²) in [6.45, 7) is 3.32. The molecule has 126 valence electrons. The minimum Gasteiger partial charge on any atom is -0.394 e. The number of carbonyl (C=O) groups excluding carboxylic acids is 1. The highest BCUT2D eigenvalue weighted by Crippen LogP contribution is 2.33. The fourth-order valence-corrected chi connectivity index (χ4v) is 2.90. The normalized spacial score (nSPS) is 28.4. The van der Waals surface area contributed by atoms with E-state index in [1.54, 1.807) is 4.57 Å². The number of aromatic nitrogens is 2. The quantitative estimate of drug-likeness (QED) is 0.507. The van der Waals surface area contributed by atoms with Gasteiger partial charge in [-0.1, -0.05) is 6.08 Å². The monoisotopic (exact) mass is 324 g/mol. The van der Waals surface area contributed by atoms with Crippen LogP contribution in [0, 0.1) is 0 Å². The first-order valence-corrected chi connectivity index (χ1v) is 7.40. The average Bonchev–Trinajstić information content (AvgIpc) is 3.14. The molecule has 3 rings (SSSR count). The standard InChI is InChI=1S/C14H20N4O5/c1-2-8(4-19)17-7-16-13-12(14(17)22)15-6-18(13)11-3-9(21)10(5-20)23-11/h2,6,8-11,16,19-21H,1,3-5,7H2/t8-,9-,10+,11+/m0/s1. The SMILES string of the molecule is C=C[C@@H](CO)N1CNc2c(ncn2[C@H]2C[C@H](O)[C@@H](CO)O2)C1=O. The molecule has 1 aromatic rings. The molecule has 9 heteroatoms. The number of anilines is 1. The topological polar surface area (TPSA) is 120 Å². The number of aliphatic hydroxyl groups is 3. The predicted molar refractivity (Wildman–Crippen MR) is 79.6 cm³/mol. The second kappa shape index (κ2) is 6.28. The summed E-state index contributed by atoms with van der Waals surface area (Å²) < 4.78 is 7.23. The summed E-state index contributed by atoms with van der Waals surface area (Å²) in [7, 11) is 0. The molecule has 0 saturated carbocycles. The average molecular weight is 324 g/mol. The molecule has 1 aromatic heterocycles. The third-order valence-corrected chi connectivity index (χ3v) is 4.23. The Labute approximate surface area is 132 Å². The summed E-state index contributed by atoms with van der Waals surface area (Å²) >= 11 is 0. The lowest BCUT2D eigenvalue weighted by Gasteiger charge is -2.32. The lowest BCUT2D eigenvalue weighted by atomic mass is 10.2. The Hall–Kier alpha value is -1.94. The van der Waals surface area contributed by atoms with Crippen LogP contribution in [0.1, 0.15) is 23.1 Å². The number of amides is 1. The zero-order valence-corrected chi connectivity index (χ0v) is 12.5.